The molecule has 0 radical (unpaired) electrons. The summed E-state index contributed by atoms with van der Waals surface area (Å²) in [6.45, 7) is 16.4. The van der Waals surface area contributed by atoms with Crippen molar-refractivity contribution >= 4 is 40.9 Å². The predicted octanol–water partition coefficient (Wildman–Crippen LogP) is 4.57. The van der Waals surface area contributed by atoms with Crippen LogP contribution in [0.3, 0.4) is 0 Å². The number of hydrogen-bond donors (Lipinski definition) is 7. The van der Waals surface area contributed by atoms with E-state index in [1.165, 1.54) is 19.9 Å². The maximum Gasteiger partial charge on any atom is 0.319 e. The number of halogens is 2. The van der Waals surface area contributed by atoms with E-state index in [1.807, 2.05) is 25.7 Å². The van der Waals surface area contributed by atoms with Gasteiger partial charge in [-0.2, -0.15) is 0 Å². The first-order valence-electron chi connectivity index (χ1n) is 18.8. The van der Waals surface area contributed by atoms with Crippen LogP contribution in [0.4, 0.5) is 10.5 Å². The average molecular weight is 793 g/mol. The zero-order valence-electron chi connectivity index (χ0n) is 32.6. The Balaban J connectivity index is 1.90. The minimum absolute atomic E-state index is 0.139. The zero-order chi connectivity index (χ0) is 40.0. The first-order valence-corrected chi connectivity index (χ1v) is 19.6. The Morgan fingerprint density at radius 2 is 1.72 bits per heavy atom. The molecule has 13 nitrogen and oxygen atoms in total. The van der Waals surface area contributed by atoms with E-state index in [-0.39, 0.29) is 37.3 Å². The molecule has 0 saturated carbocycles. The number of amides is 2. The van der Waals surface area contributed by atoms with Gasteiger partial charge >= 0.3 is 12.0 Å². The van der Waals surface area contributed by atoms with Crippen LogP contribution in [0.5, 0.6) is 0 Å². The first-order chi connectivity index (χ1) is 24.6. The number of nitrogens with zero attached hydrogens (tertiary/aromatic N) is 1. The Kier molecular flexibility index (Phi) is 16.7. The zero-order valence-corrected chi connectivity index (χ0v) is 34.1. The van der Waals surface area contributed by atoms with Gasteiger partial charge in [-0.25, -0.2) is 4.79 Å². The minimum Gasteiger partial charge on any atom is -0.459 e. The van der Waals surface area contributed by atoms with Crippen LogP contribution in [-0.2, 0) is 19.0 Å². The van der Waals surface area contributed by atoms with Crippen molar-refractivity contribution in [3.8, 4) is 0 Å². The molecule has 14 atom stereocenters. The number of anilines is 1. The average Bonchev–Trinajstić information content (AvgIpc) is 3.07. The molecule has 2 aliphatic heterocycles. The lowest BCUT2D eigenvalue weighted by Gasteiger charge is -2.45. The Morgan fingerprint density at radius 3 is 2.34 bits per heavy atom. The summed E-state index contributed by atoms with van der Waals surface area (Å²) < 4.78 is 18.2. The van der Waals surface area contributed by atoms with Gasteiger partial charge in [-0.15, -0.1) is 0 Å². The summed E-state index contributed by atoms with van der Waals surface area (Å²) in [5.41, 5.74) is -3.07. The number of esters is 1. The quantitative estimate of drug-likeness (QED) is 0.144. The Morgan fingerprint density at radius 1 is 1.06 bits per heavy atom. The van der Waals surface area contributed by atoms with Crippen molar-refractivity contribution in [2.45, 2.75) is 148 Å². The van der Waals surface area contributed by atoms with Gasteiger partial charge in [0.05, 0.1) is 40.5 Å². The molecule has 0 spiro atoms. The van der Waals surface area contributed by atoms with E-state index in [0.29, 0.717) is 41.7 Å². The van der Waals surface area contributed by atoms with Crippen LogP contribution in [-0.4, -0.2) is 122 Å². The topological polar surface area (TPSA) is 190 Å². The summed E-state index contributed by atoms with van der Waals surface area (Å²) >= 11 is 12.2. The lowest BCUT2D eigenvalue weighted by molar-refractivity contribution is -0.298. The number of carbonyl (C=O) groups excluding carboxylic acids is 2. The summed E-state index contributed by atoms with van der Waals surface area (Å²) in [5.74, 6) is -3.09. The lowest BCUT2D eigenvalue weighted by atomic mass is 9.78. The number of ether oxygens (including phenoxy) is 3. The molecule has 0 aromatic heterocycles. The third-order valence-corrected chi connectivity index (χ3v) is 11.6. The summed E-state index contributed by atoms with van der Waals surface area (Å²) in [7, 11) is 0. The second-order valence-electron chi connectivity index (χ2n) is 16.0. The van der Waals surface area contributed by atoms with Gasteiger partial charge in [-0.1, -0.05) is 50.9 Å². The van der Waals surface area contributed by atoms with E-state index in [2.05, 4.69) is 10.6 Å². The fourth-order valence-corrected chi connectivity index (χ4v) is 8.35. The van der Waals surface area contributed by atoms with E-state index in [9.17, 15) is 35.1 Å². The monoisotopic (exact) mass is 791 g/mol. The molecular weight excluding hydrogens is 729 g/mol. The molecule has 2 fully saturated rings. The molecule has 2 heterocycles. The van der Waals surface area contributed by atoms with Crippen LogP contribution in [0.15, 0.2) is 18.2 Å². The predicted molar refractivity (Wildman–Crippen MR) is 204 cm³/mol. The highest BCUT2D eigenvalue weighted by Crippen LogP contribution is 2.37. The van der Waals surface area contributed by atoms with Gasteiger partial charge in [-0.05, 0) is 90.3 Å². The third-order valence-electron chi connectivity index (χ3n) is 11.0. The molecule has 15 heteroatoms. The third kappa shape index (κ3) is 11.9. The molecule has 1 aromatic carbocycles. The number of benzene rings is 1. The van der Waals surface area contributed by atoms with Crippen molar-refractivity contribution in [3.05, 3.63) is 28.2 Å². The van der Waals surface area contributed by atoms with Crippen LogP contribution in [0.2, 0.25) is 10.0 Å². The molecule has 304 valence electrons. The number of aliphatic hydroxyl groups is 5. The summed E-state index contributed by atoms with van der Waals surface area (Å²) in [5, 5.41) is 64.5. The molecule has 3 rings (SSSR count). The number of carbonyl (C=O) groups is 2. The van der Waals surface area contributed by atoms with Crippen molar-refractivity contribution in [1.82, 2.24) is 10.2 Å². The van der Waals surface area contributed by atoms with E-state index >= 15 is 0 Å². The Labute approximate surface area is 324 Å². The van der Waals surface area contributed by atoms with Crippen LogP contribution >= 0.6 is 23.2 Å². The minimum atomic E-state index is -1.88. The van der Waals surface area contributed by atoms with Crippen molar-refractivity contribution in [1.29, 1.82) is 0 Å². The molecule has 2 aliphatic rings. The van der Waals surface area contributed by atoms with Crippen LogP contribution in [0.1, 0.15) is 88.0 Å². The second-order valence-corrected chi connectivity index (χ2v) is 16.8. The van der Waals surface area contributed by atoms with Crippen LogP contribution in [0.25, 0.3) is 0 Å². The molecular formula is C38H63Cl2N3O10. The van der Waals surface area contributed by atoms with Crippen molar-refractivity contribution in [2.75, 3.05) is 25.0 Å². The summed E-state index contributed by atoms with van der Waals surface area (Å²) in [4.78, 5) is 28.2. The number of rotatable bonds is 8. The second kappa shape index (κ2) is 19.4. The van der Waals surface area contributed by atoms with Gasteiger partial charge in [0.2, 0.25) is 0 Å². The fourth-order valence-electron chi connectivity index (χ4n) is 7.90. The SMILES string of the molecule is CC[C@H]1OC(=O)[C@H](C)[C@@H](O)[C@H](C)[C@@H](O[C@H]2O[C@@H](C)C[C@@H](C)[C@@H]2O)[C@](C)(O)C[C@@H](C)CN(CCCNC(=O)Nc2ccc(Cl)cc2Cl)[C@H](C)[C@@H](O)[C@]1(C)O. The van der Waals surface area contributed by atoms with E-state index < -0.39 is 77.9 Å². The number of hydrogen-bond acceptors (Lipinski definition) is 11. The molecule has 7 N–H and O–H groups in total. The molecule has 2 saturated heterocycles. The number of nitrogens with one attached hydrogen (secondary N) is 2. The molecule has 0 bridgehead atoms. The highest BCUT2D eigenvalue weighted by Gasteiger charge is 2.49. The molecule has 2 amide bonds. The maximum absolute atomic E-state index is 13.5. The van der Waals surface area contributed by atoms with E-state index in [4.69, 9.17) is 37.4 Å². The van der Waals surface area contributed by atoms with Crippen molar-refractivity contribution in [2.24, 2.45) is 23.7 Å². The molecule has 0 aliphatic carbocycles. The standard InChI is InChI=1S/C38H63Cl2N3O10/c1-10-29-38(9,50)32(46)25(7)43(15-11-14-41-36(48)42-28-13-12-26(39)17-27(28)40)19-20(2)18-37(8,49)33(23(5)31(45)24(6)34(47)52-29)53-35-30(44)21(3)16-22(4)51-35/h12-13,17,20-25,29-33,35,44-46,49-50H,10-11,14-16,18-19H2,1-9H3,(H2,41,42,48)/t20-,21-,22+,23+,24-,25-,29-,30+,31+,32-,33-,35-,37-,38-/m1/s1. The van der Waals surface area contributed by atoms with Crippen LogP contribution in [0, 0.1) is 23.7 Å². The van der Waals surface area contributed by atoms with Gasteiger partial charge in [0.15, 0.2) is 6.29 Å². The Hall–Kier alpha value is -1.78. The van der Waals surface area contributed by atoms with Gasteiger partial charge in [-0.3, -0.25) is 9.69 Å². The fraction of sp³-hybridized carbons (Fsp3) is 0.789. The number of urea groups is 1. The van der Waals surface area contributed by atoms with Gasteiger partial charge in [0.25, 0.3) is 0 Å². The smallest absolute Gasteiger partial charge is 0.319 e. The van der Waals surface area contributed by atoms with Crippen molar-refractivity contribution < 1.29 is 49.3 Å². The lowest BCUT2D eigenvalue weighted by Crippen LogP contribution is -2.59. The highest BCUT2D eigenvalue weighted by molar-refractivity contribution is 6.36. The van der Waals surface area contributed by atoms with E-state index in [0.717, 1.165) is 0 Å². The number of aliphatic hydroxyl groups excluding tert-OH is 3. The summed E-state index contributed by atoms with van der Waals surface area (Å²) in [6, 6.07) is 3.60. The van der Waals surface area contributed by atoms with E-state index in [1.54, 1.807) is 39.8 Å². The first kappa shape index (κ1) is 45.6. The van der Waals surface area contributed by atoms with Gasteiger partial charge in [0.1, 0.15) is 23.9 Å². The van der Waals surface area contributed by atoms with Crippen LogP contribution < -0.4 is 10.6 Å². The maximum atomic E-state index is 13.5. The van der Waals surface area contributed by atoms with Gasteiger partial charge in [0, 0.05) is 36.6 Å². The molecule has 1 aromatic rings. The largest absolute Gasteiger partial charge is 0.459 e. The molecule has 0 unspecified atom stereocenters. The highest BCUT2D eigenvalue weighted by atomic mass is 35.5. The van der Waals surface area contributed by atoms with Gasteiger partial charge < -0.3 is 50.4 Å². The normalized spacial score (nSPS) is 39.7. The van der Waals surface area contributed by atoms with Crippen molar-refractivity contribution in [3.63, 3.8) is 0 Å². The number of cyclic esters (lactones) is 1. The molecule has 53 heavy (non-hydrogen) atoms. The Bertz CT molecular complexity index is 1360. The summed E-state index contributed by atoms with van der Waals surface area (Å²) in [6.07, 6.45) is -5.78.